The summed E-state index contributed by atoms with van der Waals surface area (Å²) < 4.78 is 0. The standard InChI is InChI=1S/C15H20N2O3/c1-3-10(4-2)16-15(20)17-9-12(14(18)19)11-7-5-6-8-13(11)17/h5-8,10,12H,3-4,9H2,1-2H3,(H,16,20)(H,18,19). The summed E-state index contributed by atoms with van der Waals surface area (Å²) in [4.78, 5) is 25.2. The number of hydrogen-bond acceptors (Lipinski definition) is 2. The highest BCUT2D eigenvalue weighted by Gasteiger charge is 2.36. The van der Waals surface area contributed by atoms with Crippen molar-refractivity contribution in [1.29, 1.82) is 0 Å². The molecule has 0 saturated carbocycles. The van der Waals surface area contributed by atoms with Crippen LogP contribution in [0, 0.1) is 0 Å². The fourth-order valence-corrected chi connectivity index (χ4v) is 2.56. The van der Waals surface area contributed by atoms with Crippen LogP contribution >= 0.6 is 0 Å². The molecule has 0 spiro atoms. The number of anilines is 1. The number of fused-ring (bicyclic) bond motifs is 1. The van der Waals surface area contributed by atoms with E-state index < -0.39 is 11.9 Å². The van der Waals surface area contributed by atoms with Gasteiger partial charge in [-0.25, -0.2) is 4.79 Å². The summed E-state index contributed by atoms with van der Waals surface area (Å²) in [5, 5.41) is 12.2. The highest BCUT2D eigenvalue weighted by atomic mass is 16.4. The van der Waals surface area contributed by atoms with Gasteiger partial charge in [0, 0.05) is 18.3 Å². The van der Waals surface area contributed by atoms with Gasteiger partial charge >= 0.3 is 12.0 Å². The number of carbonyl (C=O) groups excluding carboxylic acids is 1. The van der Waals surface area contributed by atoms with Gasteiger partial charge in [-0.3, -0.25) is 9.69 Å². The molecule has 2 N–H and O–H groups in total. The first-order valence-corrected chi connectivity index (χ1v) is 6.98. The minimum absolute atomic E-state index is 0.124. The van der Waals surface area contributed by atoms with E-state index in [-0.39, 0.29) is 18.6 Å². The number of benzene rings is 1. The Labute approximate surface area is 118 Å². The Bertz CT molecular complexity index is 512. The van der Waals surface area contributed by atoms with Gasteiger partial charge in [0.05, 0.1) is 0 Å². The van der Waals surface area contributed by atoms with Gasteiger partial charge in [0.1, 0.15) is 5.92 Å². The third kappa shape index (κ3) is 2.61. The molecule has 0 saturated heterocycles. The Balaban J connectivity index is 2.22. The molecule has 1 aromatic rings. The summed E-state index contributed by atoms with van der Waals surface area (Å²) >= 11 is 0. The summed E-state index contributed by atoms with van der Waals surface area (Å²) in [6.07, 6.45) is 1.72. The zero-order valence-corrected chi connectivity index (χ0v) is 11.8. The van der Waals surface area contributed by atoms with Gasteiger partial charge in [0.25, 0.3) is 0 Å². The number of nitrogens with zero attached hydrogens (tertiary/aromatic N) is 1. The van der Waals surface area contributed by atoms with Crippen molar-refractivity contribution in [3.05, 3.63) is 29.8 Å². The highest BCUT2D eigenvalue weighted by molar-refractivity contribution is 5.98. The lowest BCUT2D eigenvalue weighted by atomic mass is 10.0. The first-order valence-electron chi connectivity index (χ1n) is 6.98. The van der Waals surface area contributed by atoms with Gasteiger partial charge in [-0.2, -0.15) is 0 Å². The van der Waals surface area contributed by atoms with Crippen LogP contribution in [0.15, 0.2) is 24.3 Å². The average Bonchev–Trinajstić information content (AvgIpc) is 2.84. The molecule has 1 atom stereocenters. The molecule has 0 aliphatic carbocycles. The van der Waals surface area contributed by atoms with Crippen molar-refractivity contribution in [3.8, 4) is 0 Å². The molecule has 5 nitrogen and oxygen atoms in total. The number of nitrogens with one attached hydrogen (secondary N) is 1. The van der Waals surface area contributed by atoms with Gasteiger partial charge in [0.2, 0.25) is 0 Å². The fourth-order valence-electron chi connectivity index (χ4n) is 2.56. The lowest BCUT2D eigenvalue weighted by Gasteiger charge is -2.22. The molecule has 1 unspecified atom stereocenters. The Morgan fingerprint density at radius 2 is 2.00 bits per heavy atom. The highest BCUT2D eigenvalue weighted by Crippen LogP contribution is 2.36. The summed E-state index contributed by atoms with van der Waals surface area (Å²) in [5.41, 5.74) is 1.41. The third-order valence-corrected chi connectivity index (χ3v) is 3.82. The van der Waals surface area contributed by atoms with Gasteiger partial charge in [-0.15, -0.1) is 0 Å². The second-order valence-electron chi connectivity index (χ2n) is 5.02. The number of carboxylic acids is 1. The lowest BCUT2D eigenvalue weighted by molar-refractivity contribution is -0.138. The van der Waals surface area contributed by atoms with Crippen molar-refractivity contribution in [3.63, 3.8) is 0 Å². The Morgan fingerprint density at radius 1 is 1.35 bits per heavy atom. The van der Waals surface area contributed by atoms with Crippen LogP contribution in [0.25, 0.3) is 0 Å². The molecule has 2 amide bonds. The van der Waals surface area contributed by atoms with Crippen molar-refractivity contribution in [2.24, 2.45) is 0 Å². The minimum Gasteiger partial charge on any atom is -0.481 e. The Hall–Kier alpha value is -2.04. The maximum absolute atomic E-state index is 12.3. The van der Waals surface area contributed by atoms with E-state index in [9.17, 15) is 14.7 Å². The van der Waals surface area contributed by atoms with E-state index in [1.165, 1.54) is 4.90 Å². The zero-order chi connectivity index (χ0) is 14.7. The van der Waals surface area contributed by atoms with E-state index in [1.807, 2.05) is 19.9 Å². The summed E-state index contributed by atoms with van der Waals surface area (Å²) in [6, 6.07) is 7.11. The van der Waals surface area contributed by atoms with Crippen LogP contribution in [0.3, 0.4) is 0 Å². The van der Waals surface area contributed by atoms with Gasteiger partial charge in [-0.05, 0) is 24.5 Å². The average molecular weight is 276 g/mol. The van der Waals surface area contributed by atoms with E-state index in [2.05, 4.69) is 5.32 Å². The van der Waals surface area contributed by atoms with Crippen LogP contribution in [0.1, 0.15) is 38.2 Å². The molecule has 2 rings (SSSR count). The van der Waals surface area contributed by atoms with E-state index in [0.29, 0.717) is 11.3 Å². The normalized spacial score (nSPS) is 17.1. The summed E-state index contributed by atoms with van der Waals surface area (Å²) in [7, 11) is 0. The maximum Gasteiger partial charge on any atom is 0.322 e. The zero-order valence-electron chi connectivity index (χ0n) is 11.8. The monoisotopic (exact) mass is 276 g/mol. The van der Waals surface area contributed by atoms with E-state index in [0.717, 1.165) is 12.8 Å². The molecule has 1 aromatic carbocycles. The van der Waals surface area contributed by atoms with Crippen molar-refractivity contribution in [1.82, 2.24) is 5.32 Å². The third-order valence-electron chi connectivity index (χ3n) is 3.82. The van der Waals surface area contributed by atoms with Crippen molar-refractivity contribution in [2.45, 2.75) is 38.6 Å². The molecule has 20 heavy (non-hydrogen) atoms. The minimum atomic E-state index is -0.893. The largest absolute Gasteiger partial charge is 0.481 e. The number of carboxylic acid groups (broad SMARTS) is 1. The topological polar surface area (TPSA) is 69.6 Å². The second kappa shape index (κ2) is 5.94. The number of amides is 2. The quantitative estimate of drug-likeness (QED) is 0.888. The number of urea groups is 1. The van der Waals surface area contributed by atoms with E-state index in [4.69, 9.17) is 0 Å². The molecule has 0 radical (unpaired) electrons. The number of rotatable bonds is 4. The number of hydrogen-bond donors (Lipinski definition) is 2. The van der Waals surface area contributed by atoms with Gasteiger partial charge < -0.3 is 10.4 Å². The first-order chi connectivity index (χ1) is 9.58. The van der Waals surface area contributed by atoms with Crippen molar-refractivity contribution >= 4 is 17.7 Å². The summed E-state index contributed by atoms with van der Waals surface area (Å²) in [6.45, 7) is 4.24. The Morgan fingerprint density at radius 3 is 2.60 bits per heavy atom. The Kier molecular flexibility index (Phi) is 4.27. The van der Waals surface area contributed by atoms with Crippen LogP contribution < -0.4 is 10.2 Å². The molecule has 0 fully saturated rings. The molecule has 0 bridgehead atoms. The predicted molar refractivity (Wildman–Crippen MR) is 77.1 cm³/mol. The van der Waals surface area contributed by atoms with Crippen LogP contribution in [-0.2, 0) is 4.79 Å². The summed E-state index contributed by atoms with van der Waals surface area (Å²) in [5.74, 6) is -1.53. The first kappa shape index (κ1) is 14.4. The predicted octanol–water partition coefficient (Wildman–Crippen LogP) is 2.57. The SMILES string of the molecule is CCC(CC)NC(=O)N1CC(C(=O)O)c2ccccc21. The second-order valence-corrected chi connectivity index (χ2v) is 5.02. The van der Waals surface area contributed by atoms with E-state index in [1.54, 1.807) is 18.2 Å². The number of para-hydroxylation sites is 1. The van der Waals surface area contributed by atoms with Crippen LogP contribution in [0.2, 0.25) is 0 Å². The van der Waals surface area contributed by atoms with Gasteiger partial charge in [-0.1, -0.05) is 32.0 Å². The van der Waals surface area contributed by atoms with Gasteiger partial charge in [0.15, 0.2) is 0 Å². The molecule has 1 aliphatic heterocycles. The van der Waals surface area contributed by atoms with Crippen LogP contribution in [-0.4, -0.2) is 29.7 Å². The lowest BCUT2D eigenvalue weighted by Crippen LogP contribution is -2.44. The molecule has 1 heterocycles. The number of carbonyl (C=O) groups is 2. The molecular formula is C15H20N2O3. The van der Waals surface area contributed by atoms with E-state index >= 15 is 0 Å². The molecular weight excluding hydrogens is 256 g/mol. The number of aliphatic carboxylic acids is 1. The van der Waals surface area contributed by atoms with Crippen molar-refractivity contribution < 1.29 is 14.7 Å². The van der Waals surface area contributed by atoms with Crippen LogP contribution in [0.5, 0.6) is 0 Å². The van der Waals surface area contributed by atoms with Crippen LogP contribution in [0.4, 0.5) is 10.5 Å². The molecule has 108 valence electrons. The molecule has 5 heteroatoms. The fraction of sp³-hybridized carbons (Fsp3) is 0.467. The van der Waals surface area contributed by atoms with Crippen molar-refractivity contribution in [2.75, 3.05) is 11.4 Å². The smallest absolute Gasteiger partial charge is 0.322 e. The molecule has 1 aliphatic rings. The maximum atomic E-state index is 12.3. The molecule has 0 aromatic heterocycles.